The monoisotopic (exact) mass is 253 g/mol. The van der Waals surface area contributed by atoms with E-state index >= 15 is 0 Å². The van der Waals surface area contributed by atoms with Crippen molar-refractivity contribution in [3.05, 3.63) is 11.9 Å². The van der Waals surface area contributed by atoms with Gasteiger partial charge in [-0.05, 0) is 25.7 Å². The SMILES string of the molecule is CC(C)(C)CC(C)(C)NCc1cn(CCN)nn1. The van der Waals surface area contributed by atoms with Gasteiger partial charge in [0.15, 0.2) is 0 Å². The summed E-state index contributed by atoms with van der Waals surface area (Å²) < 4.78 is 1.79. The van der Waals surface area contributed by atoms with Crippen LogP contribution in [0.5, 0.6) is 0 Å². The van der Waals surface area contributed by atoms with Crippen LogP contribution in [-0.2, 0) is 13.1 Å². The van der Waals surface area contributed by atoms with Crippen LogP contribution in [0, 0.1) is 5.41 Å². The highest BCUT2D eigenvalue weighted by atomic mass is 15.4. The largest absolute Gasteiger partial charge is 0.329 e. The lowest BCUT2D eigenvalue weighted by atomic mass is 9.82. The van der Waals surface area contributed by atoms with Crippen molar-refractivity contribution in [3.63, 3.8) is 0 Å². The molecule has 0 atom stereocenters. The minimum absolute atomic E-state index is 0.0932. The summed E-state index contributed by atoms with van der Waals surface area (Å²) in [5, 5.41) is 11.7. The average Bonchev–Trinajstić information content (AvgIpc) is 2.60. The van der Waals surface area contributed by atoms with Crippen molar-refractivity contribution >= 4 is 0 Å². The Morgan fingerprint density at radius 3 is 2.50 bits per heavy atom. The molecular weight excluding hydrogens is 226 g/mol. The van der Waals surface area contributed by atoms with E-state index in [-0.39, 0.29) is 5.54 Å². The van der Waals surface area contributed by atoms with Crippen LogP contribution in [0.4, 0.5) is 0 Å². The number of rotatable bonds is 6. The summed E-state index contributed by atoms with van der Waals surface area (Å²) in [6.45, 7) is 13.3. The summed E-state index contributed by atoms with van der Waals surface area (Å²) in [5.41, 5.74) is 6.85. The fourth-order valence-corrected chi connectivity index (χ4v) is 2.38. The number of hydrogen-bond donors (Lipinski definition) is 2. The third kappa shape index (κ3) is 5.60. The van der Waals surface area contributed by atoms with Gasteiger partial charge in [-0.15, -0.1) is 5.10 Å². The molecule has 1 aromatic heterocycles. The number of aromatic nitrogens is 3. The number of nitrogens with zero attached hydrogens (tertiary/aromatic N) is 3. The van der Waals surface area contributed by atoms with Crippen LogP contribution in [0.3, 0.4) is 0 Å². The van der Waals surface area contributed by atoms with E-state index in [1.807, 2.05) is 6.20 Å². The third-order valence-corrected chi connectivity index (χ3v) is 2.66. The molecule has 0 radical (unpaired) electrons. The first-order valence-electron chi connectivity index (χ1n) is 6.56. The zero-order valence-electron chi connectivity index (χ0n) is 12.3. The zero-order chi connectivity index (χ0) is 13.8. The summed E-state index contributed by atoms with van der Waals surface area (Å²) >= 11 is 0. The first-order chi connectivity index (χ1) is 8.22. The molecule has 3 N–H and O–H groups in total. The maximum absolute atomic E-state index is 5.48. The van der Waals surface area contributed by atoms with Gasteiger partial charge >= 0.3 is 0 Å². The third-order valence-electron chi connectivity index (χ3n) is 2.66. The fraction of sp³-hybridized carbons (Fsp3) is 0.846. The van der Waals surface area contributed by atoms with Crippen molar-refractivity contribution in [2.45, 2.75) is 59.7 Å². The van der Waals surface area contributed by atoms with Crippen molar-refractivity contribution in [2.75, 3.05) is 6.54 Å². The van der Waals surface area contributed by atoms with Gasteiger partial charge in [-0.25, -0.2) is 0 Å². The van der Waals surface area contributed by atoms with Crippen molar-refractivity contribution in [2.24, 2.45) is 11.1 Å². The molecule has 0 amide bonds. The Labute approximate surface area is 110 Å². The first kappa shape index (κ1) is 15.1. The van der Waals surface area contributed by atoms with Gasteiger partial charge in [0, 0.05) is 24.8 Å². The summed E-state index contributed by atoms with van der Waals surface area (Å²) in [6.07, 6.45) is 3.06. The van der Waals surface area contributed by atoms with Gasteiger partial charge in [-0.1, -0.05) is 26.0 Å². The lowest BCUT2D eigenvalue weighted by Gasteiger charge is -2.33. The predicted octanol–water partition coefficient (Wildman–Crippen LogP) is 1.54. The molecule has 104 valence electrons. The smallest absolute Gasteiger partial charge is 0.0965 e. The number of hydrogen-bond acceptors (Lipinski definition) is 4. The molecule has 0 aliphatic heterocycles. The average molecular weight is 253 g/mol. The minimum atomic E-state index is 0.0932. The van der Waals surface area contributed by atoms with Crippen LogP contribution < -0.4 is 11.1 Å². The van der Waals surface area contributed by atoms with Crippen LogP contribution in [0.15, 0.2) is 6.20 Å². The molecule has 5 nitrogen and oxygen atoms in total. The Bertz CT molecular complexity index is 362. The first-order valence-corrected chi connectivity index (χ1v) is 6.56. The van der Waals surface area contributed by atoms with Crippen LogP contribution >= 0.6 is 0 Å². The van der Waals surface area contributed by atoms with Gasteiger partial charge in [0.1, 0.15) is 0 Å². The Morgan fingerprint density at radius 2 is 1.94 bits per heavy atom. The second-order valence-corrected chi connectivity index (χ2v) is 6.74. The molecule has 1 heterocycles. The lowest BCUT2D eigenvalue weighted by molar-refractivity contribution is 0.240. The number of nitrogens with one attached hydrogen (secondary N) is 1. The van der Waals surface area contributed by atoms with Gasteiger partial charge in [0.25, 0.3) is 0 Å². The van der Waals surface area contributed by atoms with Crippen LogP contribution in [0.1, 0.15) is 46.7 Å². The van der Waals surface area contributed by atoms with E-state index in [0.717, 1.165) is 25.2 Å². The highest BCUT2D eigenvalue weighted by molar-refractivity contribution is 4.94. The molecule has 18 heavy (non-hydrogen) atoms. The standard InChI is InChI=1S/C13H27N5/c1-12(2,3)10-13(4,5)15-8-11-9-18(7-6-14)17-16-11/h9,15H,6-8,10,14H2,1-5H3. The second kappa shape index (κ2) is 5.80. The van der Waals surface area contributed by atoms with Gasteiger partial charge in [-0.2, -0.15) is 0 Å². The van der Waals surface area contributed by atoms with E-state index in [1.54, 1.807) is 4.68 Å². The molecule has 0 unspecified atom stereocenters. The zero-order valence-corrected chi connectivity index (χ0v) is 12.3. The quantitative estimate of drug-likeness (QED) is 0.807. The van der Waals surface area contributed by atoms with E-state index < -0.39 is 0 Å². The van der Waals surface area contributed by atoms with Crippen molar-refractivity contribution < 1.29 is 0 Å². The van der Waals surface area contributed by atoms with Gasteiger partial charge in [0.05, 0.1) is 12.2 Å². The van der Waals surface area contributed by atoms with Crippen molar-refractivity contribution in [3.8, 4) is 0 Å². The number of nitrogens with two attached hydrogens (primary N) is 1. The van der Waals surface area contributed by atoms with Crippen molar-refractivity contribution in [1.82, 2.24) is 20.3 Å². The Kier molecular flexibility index (Phi) is 4.87. The molecule has 1 rings (SSSR count). The normalized spacial score (nSPS) is 13.0. The summed E-state index contributed by atoms with van der Waals surface area (Å²) in [5.74, 6) is 0. The van der Waals surface area contributed by atoms with Gasteiger partial charge in [0.2, 0.25) is 0 Å². The fourth-order valence-electron chi connectivity index (χ4n) is 2.38. The molecule has 0 bridgehead atoms. The molecule has 0 aromatic carbocycles. The minimum Gasteiger partial charge on any atom is -0.329 e. The molecule has 0 spiro atoms. The van der Waals surface area contributed by atoms with Gasteiger partial charge in [-0.3, -0.25) is 4.68 Å². The molecule has 0 saturated carbocycles. The molecule has 0 fully saturated rings. The van der Waals surface area contributed by atoms with Crippen LogP contribution in [0.2, 0.25) is 0 Å². The second-order valence-electron chi connectivity index (χ2n) is 6.74. The summed E-state index contributed by atoms with van der Waals surface area (Å²) in [6, 6.07) is 0. The predicted molar refractivity (Wildman–Crippen MR) is 74.1 cm³/mol. The Balaban J connectivity index is 2.48. The Hall–Kier alpha value is -0.940. The topological polar surface area (TPSA) is 68.8 Å². The molecule has 1 aromatic rings. The molecule has 0 aliphatic carbocycles. The lowest BCUT2D eigenvalue weighted by Crippen LogP contribution is -2.41. The van der Waals surface area contributed by atoms with Crippen LogP contribution in [-0.4, -0.2) is 27.1 Å². The summed E-state index contributed by atoms with van der Waals surface area (Å²) in [7, 11) is 0. The molecule has 0 saturated heterocycles. The van der Waals surface area contributed by atoms with Crippen molar-refractivity contribution in [1.29, 1.82) is 0 Å². The van der Waals surface area contributed by atoms with Gasteiger partial charge < -0.3 is 11.1 Å². The van der Waals surface area contributed by atoms with E-state index in [0.29, 0.717) is 12.0 Å². The van der Waals surface area contributed by atoms with E-state index in [2.05, 4.69) is 50.2 Å². The highest BCUT2D eigenvalue weighted by Crippen LogP contribution is 2.26. The highest BCUT2D eigenvalue weighted by Gasteiger charge is 2.24. The molecule has 0 aliphatic rings. The maximum Gasteiger partial charge on any atom is 0.0965 e. The summed E-state index contributed by atoms with van der Waals surface area (Å²) in [4.78, 5) is 0. The van der Waals surface area contributed by atoms with Crippen LogP contribution in [0.25, 0.3) is 0 Å². The molecule has 5 heteroatoms. The maximum atomic E-state index is 5.48. The van der Waals surface area contributed by atoms with E-state index in [1.165, 1.54) is 0 Å². The van der Waals surface area contributed by atoms with E-state index in [9.17, 15) is 0 Å². The molecular formula is C13H27N5. The van der Waals surface area contributed by atoms with E-state index in [4.69, 9.17) is 5.73 Å². The Morgan fingerprint density at radius 1 is 1.28 bits per heavy atom.